The van der Waals surface area contributed by atoms with Gasteiger partial charge in [-0.15, -0.1) is 11.3 Å². The zero-order valence-corrected chi connectivity index (χ0v) is 13.6. The van der Waals surface area contributed by atoms with Crippen molar-refractivity contribution in [3.63, 3.8) is 0 Å². The molecule has 0 N–H and O–H groups in total. The lowest BCUT2D eigenvalue weighted by Crippen LogP contribution is -1.91. The third-order valence-corrected chi connectivity index (χ3v) is 4.63. The van der Waals surface area contributed by atoms with Crippen LogP contribution in [0, 0.1) is 0 Å². The summed E-state index contributed by atoms with van der Waals surface area (Å²) in [7, 11) is 1.59. The molecular formula is C16H15ClN2OS. The number of fused-ring (bicyclic) bond motifs is 1. The number of rotatable bonds is 3. The van der Waals surface area contributed by atoms with Crippen LogP contribution in [-0.4, -0.2) is 17.1 Å². The van der Waals surface area contributed by atoms with Crippen molar-refractivity contribution < 1.29 is 4.74 Å². The predicted octanol–water partition coefficient (Wildman–Crippen LogP) is 5.14. The zero-order chi connectivity index (χ0) is 15.0. The van der Waals surface area contributed by atoms with Gasteiger partial charge in [0.2, 0.25) is 0 Å². The summed E-state index contributed by atoms with van der Waals surface area (Å²) in [5, 5.41) is 4.53. The van der Waals surface area contributed by atoms with E-state index in [0.717, 1.165) is 27.2 Å². The molecule has 0 atom stereocenters. The average Bonchev–Trinajstić information content (AvgIpc) is 2.97. The molecule has 1 aromatic carbocycles. The van der Waals surface area contributed by atoms with Gasteiger partial charge in [-0.1, -0.05) is 37.6 Å². The first-order valence-corrected chi connectivity index (χ1v) is 7.94. The molecule has 3 aromatic rings. The summed E-state index contributed by atoms with van der Waals surface area (Å²) in [6.45, 7) is 4.28. The van der Waals surface area contributed by atoms with E-state index < -0.39 is 0 Å². The molecule has 0 aliphatic heterocycles. The Kier molecular flexibility index (Phi) is 3.83. The van der Waals surface area contributed by atoms with Gasteiger partial charge in [0.15, 0.2) is 5.75 Å². The summed E-state index contributed by atoms with van der Waals surface area (Å²) in [4.78, 5) is 9.13. The minimum Gasteiger partial charge on any atom is -0.494 e. The molecule has 5 heteroatoms. The van der Waals surface area contributed by atoms with Gasteiger partial charge in [0, 0.05) is 16.3 Å². The highest BCUT2D eigenvalue weighted by molar-refractivity contribution is 7.13. The molecule has 108 valence electrons. The van der Waals surface area contributed by atoms with Crippen molar-refractivity contribution in [3.05, 3.63) is 40.5 Å². The SMILES string of the molecule is COc1cnc2cccc(-c3nc(C(C)C)cs3)c2c1Cl. The van der Waals surface area contributed by atoms with Crippen molar-refractivity contribution in [1.29, 1.82) is 0 Å². The summed E-state index contributed by atoms with van der Waals surface area (Å²) in [6.07, 6.45) is 1.65. The molecule has 0 aliphatic rings. The largest absolute Gasteiger partial charge is 0.494 e. The molecule has 0 aliphatic carbocycles. The topological polar surface area (TPSA) is 35.0 Å². The highest BCUT2D eigenvalue weighted by Gasteiger charge is 2.15. The standard InChI is InChI=1S/C16H15ClN2OS/c1-9(2)12-8-21-16(19-12)10-5-4-6-11-14(10)15(17)13(20-3)7-18-11/h4-9H,1-3H3. The number of aromatic nitrogens is 2. The van der Waals surface area contributed by atoms with Crippen LogP contribution in [0.4, 0.5) is 0 Å². The summed E-state index contributed by atoms with van der Waals surface area (Å²) < 4.78 is 5.28. The molecule has 0 amide bonds. The predicted molar refractivity (Wildman–Crippen MR) is 88.5 cm³/mol. The second kappa shape index (κ2) is 5.62. The van der Waals surface area contributed by atoms with Crippen molar-refractivity contribution in [2.45, 2.75) is 19.8 Å². The molecule has 0 radical (unpaired) electrons. The Morgan fingerprint density at radius 2 is 2.10 bits per heavy atom. The number of ether oxygens (including phenoxy) is 1. The number of methoxy groups -OCH3 is 1. The maximum Gasteiger partial charge on any atom is 0.156 e. The molecule has 0 bridgehead atoms. The molecule has 2 heterocycles. The van der Waals surface area contributed by atoms with E-state index in [0.29, 0.717) is 16.7 Å². The van der Waals surface area contributed by atoms with E-state index in [1.165, 1.54) is 0 Å². The Balaban J connectivity index is 2.26. The highest BCUT2D eigenvalue weighted by atomic mass is 35.5. The first kappa shape index (κ1) is 14.3. The molecule has 3 nitrogen and oxygen atoms in total. The quantitative estimate of drug-likeness (QED) is 0.670. The highest BCUT2D eigenvalue weighted by Crippen LogP contribution is 2.39. The Morgan fingerprint density at radius 3 is 2.76 bits per heavy atom. The average molecular weight is 319 g/mol. The Labute approximate surface area is 132 Å². The normalized spacial score (nSPS) is 11.3. The summed E-state index contributed by atoms with van der Waals surface area (Å²) >= 11 is 8.11. The molecule has 2 aromatic heterocycles. The number of halogens is 1. The first-order valence-electron chi connectivity index (χ1n) is 6.68. The number of benzene rings is 1. The van der Waals surface area contributed by atoms with Crippen molar-refractivity contribution in [3.8, 4) is 16.3 Å². The van der Waals surface area contributed by atoms with E-state index in [1.807, 2.05) is 18.2 Å². The molecule has 21 heavy (non-hydrogen) atoms. The van der Waals surface area contributed by atoms with Crippen molar-refractivity contribution in [1.82, 2.24) is 9.97 Å². The fourth-order valence-electron chi connectivity index (χ4n) is 2.18. The van der Waals surface area contributed by atoms with Gasteiger partial charge in [0.1, 0.15) is 5.01 Å². The maximum absolute atomic E-state index is 6.48. The van der Waals surface area contributed by atoms with Gasteiger partial charge in [-0.25, -0.2) is 4.98 Å². The van der Waals surface area contributed by atoms with Gasteiger partial charge in [-0.3, -0.25) is 4.98 Å². The summed E-state index contributed by atoms with van der Waals surface area (Å²) in [5.74, 6) is 0.991. The Hall–Kier alpha value is -1.65. The van der Waals surface area contributed by atoms with E-state index in [9.17, 15) is 0 Å². The second-order valence-electron chi connectivity index (χ2n) is 5.07. The molecule has 0 unspecified atom stereocenters. The minimum atomic E-state index is 0.410. The number of nitrogens with zero attached hydrogens (tertiary/aromatic N) is 2. The number of hydrogen-bond donors (Lipinski definition) is 0. The number of thiazole rings is 1. The molecular weight excluding hydrogens is 304 g/mol. The van der Waals surface area contributed by atoms with Crippen LogP contribution in [0.3, 0.4) is 0 Å². The van der Waals surface area contributed by atoms with E-state index in [-0.39, 0.29) is 0 Å². The lowest BCUT2D eigenvalue weighted by Gasteiger charge is -2.09. The second-order valence-corrected chi connectivity index (χ2v) is 6.31. The summed E-state index contributed by atoms with van der Waals surface area (Å²) in [6, 6.07) is 5.95. The zero-order valence-electron chi connectivity index (χ0n) is 12.1. The molecule has 0 spiro atoms. The Morgan fingerprint density at radius 1 is 1.29 bits per heavy atom. The molecule has 3 rings (SSSR count). The van der Waals surface area contributed by atoms with Crippen LogP contribution in [0.15, 0.2) is 29.8 Å². The molecule has 0 saturated heterocycles. The van der Waals surface area contributed by atoms with Crippen molar-refractivity contribution in [2.75, 3.05) is 7.11 Å². The maximum atomic E-state index is 6.48. The van der Waals surface area contributed by atoms with Gasteiger partial charge in [-0.2, -0.15) is 0 Å². The van der Waals surface area contributed by atoms with E-state index in [4.69, 9.17) is 21.3 Å². The number of hydrogen-bond acceptors (Lipinski definition) is 4. The Bertz CT molecular complexity index is 798. The lowest BCUT2D eigenvalue weighted by molar-refractivity contribution is 0.414. The van der Waals surface area contributed by atoms with E-state index in [2.05, 4.69) is 24.2 Å². The molecule has 0 saturated carbocycles. The van der Waals surface area contributed by atoms with E-state index in [1.54, 1.807) is 24.6 Å². The number of pyridine rings is 1. The van der Waals surface area contributed by atoms with E-state index >= 15 is 0 Å². The van der Waals surface area contributed by atoms with Crippen LogP contribution >= 0.6 is 22.9 Å². The minimum absolute atomic E-state index is 0.410. The van der Waals surface area contributed by atoms with Crippen LogP contribution < -0.4 is 4.74 Å². The van der Waals surface area contributed by atoms with Gasteiger partial charge in [0.05, 0.1) is 29.5 Å². The van der Waals surface area contributed by atoms with Crippen LogP contribution in [0.1, 0.15) is 25.5 Å². The summed E-state index contributed by atoms with van der Waals surface area (Å²) in [5.41, 5.74) is 2.94. The van der Waals surface area contributed by atoms with Gasteiger partial charge in [0.25, 0.3) is 0 Å². The first-order chi connectivity index (χ1) is 10.1. The van der Waals surface area contributed by atoms with Crippen LogP contribution in [-0.2, 0) is 0 Å². The van der Waals surface area contributed by atoms with Crippen molar-refractivity contribution in [2.24, 2.45) is 0 Å². The van der Waals surface area contributed by atoms with Crippen LogP contribution in [0.25, 0.3) is 21.5 Å². The van der Waals surface area contributed by atoms with Crippen LogP contribution in [0.5, 0.6) is 5.75 Å². The monoisotopic (exact) mass is 318 g/mol. The fourth-order valence-corrected chi connectivity index (χ4v) is 3.52. The lowest BCUT2D eigenvalue weighted by atomic mass is 10.1. The van der Waals surface area contributed by atoms with Gasteiger partial charge < -0.3 is 4.74 Å². The van der Waals surface area contributed by atoms with Gasteiger partial charge in [-0.05, 0) is 12.0 Å². The molecule has 0 fully saturated rings. The van der Waals surface area contributed by atoms with Gasteiger partial charge >= 0.3 is 0 Å². The fraction of sp³-hybridized carbons (Fsp3) is 0.250. The third-order valence-electron chi connectivity index (χ3n) is 3.36. The smallest absolute Gasteiger partial charge is 0.156 e. The van der Waals surface area contributed by atoms with Crippen molar-refractivity contribution >= 4 is 33.8 Å². The van der Waals surface area contributed by atoms with Crippen LogP contribution in [0.2, 0.25) is 5.02 Å². The third kappa shape index (κ3) is 2.49.